The SMILES string of the molecule is CC(=O)N[C@@H](CS)C(=O)N[C@H](C(=O)N[C@@H](CCCCN)C(=O)N[C@H](C(=O)N[C@@H](Cc1c[nH]c2ccccc12)C(=O)N[C@@H](CCC(N)=O)C(=O)N[C@@H](CC(C)C)C(=O)N[C@@H](Cc1c[nH]c2ccccc12)C(=O)N[C@H](C(=O)N[C@@H](CS)C(N)=O)[C@@H](C)O)C(C)C)[C@@H](C)O. The minimum absolute atomic E-state index is 0.0172. The van der Waals surface area contributed by atoms with Crippen LogP contribution in [0.5, 0.6) is 0 Å². The number of aromatic nitrogens is 2. The number of nitrogens with two attached hydrogens (primary N) is 3. The van der Waals surface area contributed by atoms with Crippen molar-refractivity contribution in [3.8, 4) is 0 Å². The third-order valence-electron chi connectivity index (χ3n) is 14.8. The first kappa shape index (κ1) is 75.2. The Labute approximate surface area is 538 Å². The van der Waals surface area contributed by atoms with Gasteiger partial charge in [-0.2, -0.15) is 25.3 Å². The topological polar surface area (TPSA) is 475 Å². The number of primary amides is 2. The van der Waals surface area contributed by atoms with Crippen LogP contribution in [-0.4, -0.2) is 182 Å². The molecule has 12 atom stereocenters. The number of fused-ring (bicyclic) bond motifs is 2. The van der Waals surface area contributed by atoms with Crippen LogP contribution in [0, 0.1) is 11.8 Å². The van der Waals surface area contributed by atoms with Crippen LogP contribution in [0.25, 0.3) is 21.8 Å². The summed E-state index contributed by atoms with van der Waals surface area (Å²) in [5.41, 5.74) is 19.2. The van der Waals surface area contributed by atoms with E-state index in [2.05, 4.69) is 88.4 Å². The van der Waals surface area contributed by atoms with Crippen molar-refractivity contribution in [1.82, 2.24) is 63.1 Å². The average molecular weight is 1310 g/mol. The first-order chi connectivity index (χ1) is 43.0. The third-order valence-corrected chi connectivity index (χ3v) is 15.5. The van der Waals surface area contributed by atoms with Gasteiger partial charge in [-0.1, -0.05) is 64.1 Å². The molecule has 0 fully saturated rings. The predicted molar refractivity (Wildman–Crippen MR) is 345 cm³/mol. The molecule has 4 rings (SSSR count). The molecule has 91 heavy (non-hydrogen) atoms. The number of unbranched alkanes of at least 4 members (excludes halogenated alkanes) is 1. The fraction of sp³-hybridized carbons (Fsp3) is 0.533. The van der Waals surface area contributed by atoms with Gasteiger partial charge >= 0.3 is 0 Å². The summed E-state index contributed by atoms with van der Waals surface area (Å²) >= 11 is 8.15. The number of para-hydroxylation sites is 2. The highest BCUT2D eigenvalue weighted by atomic mass is 32.1. The highest BCUT2D eigenvalue weighted by Gasteiger charge is 2.38. The number of amides is 12. The predicted octanol–water partition coefficient (Wildman–Crippen LogP) is -2.49. The monoisotopic (exact) mass is 1310 g/mol. The van der Waals surface area contributed by atoms with E-state index in [1.165, 1.54) is 20.8 Å². The highest BCUT2D eigenvalue weighted by molar-refractivity contribution is 7.80. The summed E-state index contributed by atoms with van der Waals surface area (Å²) in [5.74, 6) is -12.0. The molecule has 2 aromatic heterocycles. The largest absolute Gasteiger partial charge is 0.391 e. The van der Waals surface area contributed by atoms with Gasteiger partial charge in [-0.05, 0) is 87.6 Å². The molecule has 0 aliphatic heterocycles. The summed E-state index contributed by atoms with van der Waals surface area (Å²) in [6.45, 7) is 10.6. The number of hydrogen-bond acceptors (Lipinski definition) is 17. The van der Waals surface area contributed by atoms with Gasteiger partial charge in [0.2, 0.25) is 70.9 Å². The van der Waals surface area contributed by atoms with Crippen molar-refractivity contribution >= 4 is 118 Å². The van der Waals surface area contributed by atoms with Crippen LogP contribution in [0.1, 0.15) is 98.1 Å². The van der Waals surface area contributed by atoms with Crippen molar-refractivity contribution in [1.29, 1.82) is 0 Å². The number of carbonyl (C=O) groups is 12. The number of rotatable bonds is 38. The zero-order valence-electron chi connectivity index (χ0n) is 52.1. The Kier molecular flexibility index (Phi) is 30.2. The second kappa shape index (κ2) is 36.6. The molecule has 0 bridgehead atoms. The lowest BCUT2D eigenvalue weighted by Gasteiger charge is -2.30. The van der Waals surface area contributed by atoms with E-state index in [1.807, 2.05) is 0 Å². The summed E-state index contributed by atoms with van der Waals surface area (Å²) in [5, 5.41) is 48.3. The maximum absolute atomic E-state index is 14.9. The molecule has 0 spiro atoms. The molecule has 0 aliphatic carbocycles. The third kappa shape index (κ3) is 23.2. The normalized spacial score (nSPS) is 15.4. The number of hydrogen-bond donors (Lipinski definition) is 19. The van der Waals surface area contributed by atoms with Crippen LogP contribution in [0.3, 0.4) is 0 Å². The summed E-state index contributed by atoms with van der Waals surface area (Å²) < 4.78 is 0. The molecule has 0 saturated heterocycles. The molecule has 0 aliphatic rings. The van der Waals surface area contributed by atoms with Gasteiger partial charge < -0.3 is 90.5 Å². The van der Waals surface area contributed by atoms with E-state index in [1.54, 1.807) is 88.6 Å². The summed E-state index contributed by atoms with van der Waals surface area (Å²) in [6.07, 6.45) is -0.441. The first-order valence-electron chi connectivity index (χ1n) is 30.0. The molecule has 31 heteroatoms. The molecule has 2 aromatic carbocycles. The number of carbonyl (C=O) groups excluding carboxylic acids is 12. The number of H-pyrrole nitrogens is 2. The van der Waals surface area contributed by atoms with Crippen molar-refractivity contribution in [2.75, 3.05) is 18.1 Å². The fourth-order valence-corrected chi connectivity index (χ4v) is 10.4. The molecule has 2 heterocycles. The van der Waals surface area contributed by atoms with E-state index >= 15 is 0 Å². The minimum atomic E-state index is -1.67. The maximum atomic E-state index is 14.9. The number of aliphatic hydroxyl groups excluding tert-OH is 2. The Bertz CT molecular complexity index is 3190. The molecule has 29 nitrogen and oxygen atoms in total. The Morgan fingerprint density at radius 3 is 1.31 bits per heavy atom. The van der Waals surface area contributed by atoms with Gasteiger partial charge in [0.05, 0.1) is 12.2 Å². The van der Waals surface area contributed by atoms with Crippen molar-refractivity contribution < 1.29 is 67.7 Å². The number of benzene rings is 2. The zero-order valence-corrected chi connectivity index (χ0v) is 53.8. The molecule has 0 radical (unpaired) electrons. The van der Waals surface area contributed by atoms with Gasteiger partial charge in [0.25, 0.3) is 0 Å². The fourth-order valence-electron chi connectivity index (χ4n) is 9.83. The Balaban J connectivity index is 1.68. The number of aliphatic hydroxyl groups is 2. The van der Waals surface area contributed by atoms with Crippen LogP contribution < -0.4 is 70.4 Å². The van der Waals surface area contributed by atoms with Gasteiger partial charge in [-0.15, -0.1) is 0 Å². The smallest absolute Gasteiger partial charge is 0.245 e. The molecular formula is C60H89N15O14S2. The van der Waals surface area contributed by atoms with Gasteiger partial charge in [0.15, 0.2) is 0 Å². The van der Waals surface area contributed by atoms with Crippen LogP contribution in [0.2, 0.25) is 0 Å². The molecule has 4 aromatic rings. The summed E-state index contributed by atoms with van der Waals surface area (Å²) in [7, 11) is 0. The highest BCUT2D eigenvalue weighted by Crippen LogP contribution is 2.22. The lowest BCUT2D eigenvalue weighted by atomic mass is 9.99. The Hall–Kier alpha value is -8.26. The molecule has 12 amide bonds. The first-order valence-corrected chi connectivity index (χ1v) is 31.2. The number of thiol groups is 2. The Morgan fingerprint density at radius 2 is 0.857 bits per heavy atom. The van der Waals surface area contributed by atoms with E-state index in [-0.39, 0.29) is 49.7 Å². The van der Waals surface area contributed by atoms with E-state index < -0.39 is 162 Å². The lowest BCUT2D eigenvalue weighted by molar-refractivity contribution is -0.137. The van der Waals surface area contributed by atoms with Gasteiger partial charge in [-0.25, -0.2) is 0 Å². The average Bonchev–Trinajstić information content (AvgIpc) is 1.80. The number of nitrogens with one attached hydrogen (secondary N) is 12. The van der Waals surface area contributed by atoms with Gasteiger partial charge in [0.1, 0.15) is 60.4 Å². The quantitative estimate of drug-likeness (QED) is 0.0163. The molecule has 20 N–H and O–H groups in total. The number of aromatic amines is 2. The van der Waals surface area contributed by atoms with Crippen molar-refractivity contribution in [2.24, 2.45) is 29.0 Å². The van der Waals surface area contributed by atoms with E-state index in [4.69, 9.17) is 17.2 Å². The second-order valence-corrected chi connectivity index (χ2v) is 23.8. The molecule has 0 unspecified atom stereocenters. The van der Waals surface area contributed by atoms with Crippen molar-refractivity contribution in [3.63, 3.8) is 0 Å². The van der Waals surface area contributed by atoms with Gasteiger partial charge in [-0.3, -0.25) is 57.5 Å². The maximum Gasteiger partial charge on any atom is 0.245 e. The van der Waals surface area contributed by atoms with Crippen molar-refractivity contribution in [3.05, 3.63) is 72.1 Å². The molecule has 0 saturated carbocycles. The van der Waals surface area contributed by atoms with E-state index in [0.29, 0.717) is 45.8 Å². The summed E-state index contributed by atoms with van der Waals surface area (Å²) in [4.78, 5) is 170. The van der Waals surface area contributed by atoms with Crippen molar-refractivity contribution in [2.45, 2.75) is 172 Å². The standard InChI is InChI=1S/C60H89N15O14S2/c1-29(2)22-42(54(83)70-44(24-35-26-65-39-17-11-9-15-37(35)39)56(85)74-50(32(6)77)60(89)72-45(27-90)51(63)80)69-52(81)41(19-20-47(62)79)67-55(84)43(23-34-25-64-38-16-10-8-14-36(34)38)71-58(87)48(30(3)4)73-53(82)40(18-12-13-21-61)68-59(88)49(31(5)76)75-57(86)46(28-91)66-33(7)78/h8-11,14-17,25-26,29-32,40-46,48-50,64-65,76-77,90-91H,12-13,18-24,27-28,61H2,1-7H3,(H2,62,79)(H2,63,80)(H,66,78)(H,67,84)(H,68,88)(H,69,81)(H,70,83)(H,71,87)(H,72,89)(H,73,82)(H,74,85)(H,75,86)/t31-,32-,40+,41+,42+,43+,44+,45+,46+,48+,49+,50+/m1/s1. The second-order valence-electron chi connectivity index (χ2n) is 23.1. The Morgan fingerprint density at radius 1 is 0.473 bits per heavy atom. The summed E-state index contributed by atoms with van der Waals surface area (Å²) in [6, 6.07) is -0.423. The lowest BCUT2D eigenvalue weighted by Crippen LogP contribution is -2.62. The van der Waals surface area contributed by atoms with Crippen LogP contribution in [0.15, 0.2) is 60.9 Å². The van der Waals surface area contributed by atoms with Crippen LogP contribution in [0.4, 0.5) is 0 Å². The van der Waals surface area contributed by atoms with E-state index in [9.17, 15) is 67.7 Å². The minimum Gasteiger partial charge on any atom is -0.391 e. The molecule has 500 valence electrons. The van der Waals surface area contributed by atoms with E-state index in [0.717, 1.165) is 0 Å². The van der Waals surface area contributed by atoms with Crippen LogP contribution >= 0.6 is 25.3 Å². The molecular weight excluding hydrogens is 1220 g/mol. The van der Waals surface area contributed by atoms with Gasteiger partial charge in [0, 0.05) is 71.9 Å². The van der Waals surface area contributed by atoms with Crippen LogP contribution in [-0.2, 0) is 70.4 Å². The zero-order chi connectivity index (χ0) is 67.8.